The average molecular weight is 447 g/mol. The lowest BCUT2D eigenvalue weighted by Gasteiger charge is -2.14. The van der Waals surface area contributed by atoms with E-state index >= 15 is 0 Å². The monoisotopic (exact) mass is 446 g/mol. The summed E-state index contributed by atoms with van der Waals surface area (Å²) in [5, 5.41) is 4.71. The fourth-order valence-corrected chi connectivity index (χ4v) is 3.95. The molecule has 8 heteroatoms. The second-order valence-corrected chi connectivity index (χ2v) is 7.88. The van der Waals surface area contributed by atoms with E-state index in [1.54, 1.807) is 36.4 Å². The van der Waals surface area contributed by atoms with Gasteiger partial charge in [0.1, 0.15) is 5.82 Å². The van der Waals surface area contributed by atoms with Crippen molar-refractivity contribution in [2.24, 2.45) is 5.10 Å². The molecular formula is C24H19FN4O2S. The van der Waals surface area contributed by atoms with Crippen molar-refractivity contribution in [3.63, 3.8) is 0 Å². The van der Waals surface area contributed by atoms with Crippen LogP contribution in [0.2, 0.25) is 0 Å². The molecule has 6 nitrogen and oxygen atoms in total. The fraction of sp³-hybridized carbons (Fsp3) is 0.0833. The molecule has 1 heterocycles. The maximum atomic E-state index is 13.6. The number of fused-ring (bicyclic) bond motifs is 1. The van der Waals surface area contributed by atoms with Crippen LogP contribution in [-0.2, 0) is 4.79 Å². The predicted molar refractivity (Wildman–Crippen MR) is 125 cm³/mol. The number of rotatable bonds is 6. The summed E-state index contributed by atoms with van der Waals surface area (Å²) in [5.41, 5.74) is 4.62. The van der Waals surface area contributed by atoms with Gasteiger partial charge in [-0.25, -0.2) is 14.8 Å². The average Bonchev–Trinajstić information content (AvgIpc) is 2.80. The molecule has 4 rings (SSSR count). The zero-order valence-electron chi connectivity index (χ0n) is 17.2. The van der Waals surface area contributed by atoms with Gasteiger partial charge in [-0.1, -0.05) is 60.3 Å². The number of hydrazone groups is 1. The fourth-order valence-electron chi connectivity index (χ4n) is 3.15. The highest BCUT2D eigenvalue weighted by molar-refractivity contribution is 7.99. The molecule has 1 amide bonds. The molecule has 0 spiro atoms. The summed E-state index contributed by atoms with van der Waals surface area (Å²) in [4.78, 5) is 30.2. The Bertz CT molecular complexity index is 1380. The van der Waals surface area contributed by atoms with Gasteiger partial charge in [-0.15, -0.1) is 0 Å². The van der Waals surface area contributed by atoms with Crippen molar-refractivity contribution in [2.75, 3.05) is 5.75 Å². The number of halogens is 1. The molecule has 1 aromatic heterocycles. The van der Waals surface area contributed by atoms with Crippen LogP contribution in [0.5, 0.6) is 0 Å². The van der Waals surface area contributed by atoms with E-state index in [2.05, 4.69) is 15.5 Å². The highest BCUT2D eigenvalue weighted by Gasteiger charge is 2.15. The third-order valence-electron chi connectivity index (χ3n) is 4.73. The third kappa shape index (κ3) is 4.60. The molecule has 3 aromatic carbocycles. The van der Waals surface area contributed by atoms with Gasteiger partial charge in [-0.2, -0.15) is 5.10 Å². The first kappa shape index (κ1) is 21.5. The molecular weight excluding hydrogens is 427 g/mol. The molecule has 0 unspecified atom stereocenters. The summed E-state index contributed by atoms with van der Waals surface area (Å²) in [6.07, 6.45) is 1.25. The van der Waals surface area contributed by atoms with E-state index in [0.717, 1.165) is 17.3 Å². The molecule has 0 bridgehead atoms. The second kappa shape index (κ2) is 9.57. The number of carbonyl (C=O) groups is 1. The van der Waals surface area contributed by atoms with Crippen molar-refractivity contribution in [3.8, 4) is 5.69 Å². The Morgan fingerprint density at radius 1 is 1.09 bits per heavy atom. The summed E-state index contributed by atoms with van der Waals surface area (Å²) in [7, 11) is 0. The molecule has 0 aliphatic carbocycles. The lowest BCUT2D eigenvalue weighted by molar-refractivity contribution is -0.118. The Kier molecular flexibility index (Phi) is 6.42. The molecule has 0 saturated heterocycles. The van der Waals surface area contributed by atoms with E-state index in [1.807, 2.05) is 37.3 Å². The zero-order chi connectivity index (χ0) is 22.5. The highest BCUT2D eigenvalue weighted by Crippen LogP contribution is 2.23. The minimum Gasteiger partial charge on any atom is -0.272 e. The van der Waals surface area contributed by atoms with Gasteiger partial charge >= 0.3 is 0 Å². The SMILES string of the molecule is Cc1ccccc1-n1c(SCC(=O)N/N=C\c2ccccc2F)nc2ccccc2c1=O. The normalized spacial score (nSPS) is 11.2. The van der Waals surface area contributed by atoms with Crippen LogP contribution < -0.4 is 11.0 Å². The molecule has 0 radical (unpaired) electrons. The van der Waals surface area contributed by atoms with Crippen LogP contribution in [0, 0.1) is 12.7 Å². The molecule has 1 N–H and O–H groups in total. The van der Waals surface area contributed by atoms with Crippen LogP contribution in [0.3, 0.4) is 0 Å². The Labute approximate surface area is 187 Å². The number of nitrogens with one attached hydrogen (secondary N) is 1. The molecule has 160 valence electrons. The van der Waals surface area contributed by atoms with Crippen LogP contribution in [-0.4, -0.2) is 27.4 Å². The van der Waals surface area contributed by atoms with Crippen LogP contribution in [0.4, 0.5) is 4.39 Å². The first-order valence-electron chi connectivity index (χ1n) is 9.81. The molecule has 0 atom stereocenters. The molecule has 0 saturated carbocycles. The molecule has 0 fully saturated rings. The molecule has 0 aliphatic rings. The summed E-state index contributed by atoms with van der Waals surface area (Å²) in [6.45, 7) is 1.91. The van der Waals surface area contributed by atoms with Crippen molar-refractivity contribution in [1.82, 2.24) is 15.0 Å². The molecule has 4 aromatic rings. The maximum absolute atomic E-state index is 13.6. The molecule has 32 heavy (non-hydrogen) atoms. The van der Waals surface area contributed by atoms with E-state index in [0.29, 0.717) is 21.7 Å². The van der Waals surface area contributed by atoms with Gasteiger partial charge in [0.2, 0.25) is 0 Å². The van der Waals surface area contributed by atoms with E-state index in [-0.39, 0.29) is 16.9 Å². The number of aromatic nitrogens is 2. The van der Waals surface area contributed by atoms with Crippen molar-refractivity contribution in [2.45, 2.75) is 12.1 Å². The van der Waals surface area contributed by atoms with Gasteiger partial charge in [0.15, 0.2) is 5.16 Å². The van der Waals surface area contributed by atoms with Gasteiger partial charge in [0.25, 0.3) is 11.5 Å². The Balaban J connectivity index is 1.59. The van der Waals surface area contributed by atoms with E-state index in [1.165, 1.54) is 16.8 Å². The first-order chi connectivity index (χ1) is 15.5. The standard InChI is InChI=1S/C24H19FN4O2S/c1-16-8-2-7-13-21(16)29-23(31)18-10-4-6-12-20(18)27-24(29)32-15-22(30)28-26-14-17-9-3-5-11-19(17)25/h2-14H,15H2,1H3,(H,28,30)/b26-14-. The predicted octanol–water partition coefficient (Wildman–Crippen LogP) is 4.08. The van der Waals surface area contributed by atoms with Crippen LogP contribution >= 0.6 is 11.8 Å². The summed E-state index contributed by atoms with van der Waals surface area (Å²) < 4.78 is 15.2. The quantitative estimate of drug-likeness (QED) is 0.210. The topological polar surface area (TPSA) is 76.3 Å². The smallest absolute Gasteiger partial charge is 0.266 e. The Morgan fingerprint density at radius 2 is 1.81 bits per heavy atom. The van der Waals surface area contributed by atoms with Crippen LogP contribution in [0.1, 0.15) is 11.1 Å². The van der Waals surface area contributed by atoms with Gasteiger partial charge in [0, 0.05) is 5.56 Å². The number of nitrogens with zero attached hydrogens (tertiary/aromatic N) is 3. The summed E-state index contributed by atoms with van der Waals surface area (Å²) in [6, 6.07) is 20.7. The van der Waals surface area contributed by atoms with Crippen molar-refractivity contribution >= 4 is 34.8 Å². The number of hydrogen-bond acceptors (Lipinski definition) is 5. The number of benzene rings is 3. The van der Waals surface area contributed by atoms with E-state index in [9.17, 15) is 14.0 Å². The minimum atomic E-state index is -0.428. The Morgan fingerprint density at radius 3 is 2.62 bits per heavy atom. The highest BCUT2D eigenvalue weighted by atomic mass is 32.2. The van der Waals surface area contributed by atoms with Gasteiger partial charge < -0.3 is 0 Å². The zero-order valence-corrected chi connectivity index (χ0v) is 18.0. The number of hydrogen-bond donors (Lipinski definition) is 1. The van der Waals surface area contributed by atoms with E-state index in [4.69, 9.17) is 0 Å². The Hall–Kier alpha value is -3.78. The van der Waals surface area contributed by atoms with Gasteiger partial charge in [0.05, 0.1) is 28.6 Å². The number of aryl methyl sites for hydroxylation is 1. The third-order valence-corrected chi connectivity index (χ3v) is 5.67. The largest absolute Gasteiger partial charge is 0.272 e. The van der Waals surface area contributed by atoms with E-state index < -0.39 is 11.7 Å². The van der Waals surface area contributed by atoms with Crippen LogP contribution in [0.15, 0.2) is 87.8 Å². The minimum absolute atomic E-state index is 0.0225. The second-order valence-electron chi connectivity index (χ2n) is 6.94. The van der Waals surface area contributed by atoms with Crippen LogP contribution in [0.25, 0.3) is 16.6 Å². The first-order valence-corrected chi connectivity index (χ1v) is 10.8. The van der Waals surface area contributed by atoms with Gasteiger partial charge in [-0.3, -0.25) is 14.2 Å². The number of thioether (sulfide) groups is 1. The molecule has 0 aliphatic heterocycles. The maximum Gasteiger partial charge on any atom is 0.266 e. The summed E-state index contributed by atoms with van der Waals surface area (Å²) >= 11 is 1.13. The number of carbonyl (C=O) groups excluding carboxylic acids is 1. The number of amides is 1. The lowest BCUT2D eigenvalue weighted by atomic mass is 10.2. The lowest BCUT2D eigenvalue weighted by Crippen LogP contribution is -2.24. The number of para-hydroxylation sites is 2. The van der Waals surface area contributed by atoms with Crippen molar-refractivity contribution in [3.05, 3.63) is 100 Å². The van der Waals surface area contributed by atoms with Gasteiger partial charge in [-0.05, 0) is 36.8 Å². The van der Waals surface area contributed by atoms with Crippen molar-refractivity contribution in [1.29, 1.82) is 0 Å². The van der Waals surface area contributed by atoms with Crippen molar-refractivity contribution < 1.29 is 9.18 Å². The summed E-state index contributed by atoms with van der Waals surface area (Å²) in [5.74, 6) is -0.852.